The van der Waals surface area contributed by atoms with Gasteiger partial charge in [0.1, 0.15) is 22.5 Å². The molecule has 9 heteroatoms. The van der Waals surface area contributed by atoms with Crippen LogP contribution in [0.1, 0.15) is 54.5 Å². The van der Waals surface area contributed by atoms with Crippen LogP contribution >= 0.6 is 11.6 Å². The topological polar surface area (TPSA) is 107 Å². The summed E-state index contributed by atoms with van der Waals surface area (Å²) >= 11 is 6.22. The lowest BCUT2D eigenvalue weighted by molar-refractivity contribution is -0.136. The molecule has 2 aromatic heterocycles. The first-order valence-corrected chi connectivity index (χ1v) is 10.7. The van der Waals surface area contributed by atoms with Gasteiger partial charge >= 0.3 is 0 Å². The highest BCUT2D eigenvalue weighted by Crippen LogP contribution is 2.27. The fourth-order valence-corrected chi connectivity index (χ4v) is 4.26. The average Bonchev–Trinajstić information content (AvgIpc) is 3.13. The lowest BCUT2D eigenvalue weighted by atomic mass is 9.90. The van der Waals surface area contributed by atoms with Crippen molar-refractivity contribution in [3.8, 4) is 0 Å². The van der Waals surface area contributed by atoms with Crippen molar-refractivity contribution in [1.29, 1.82) is 0 Å². The molecule has 1 atom stereocenters. The summed E-state index contributed by atoms with van der Waals surface area (Å²) in [6.07, 6.45) is 5.44. The van der Waals surface area contributed by atoms with Gasteiger partial charge in [-0.2, -0.15) is 5.10 Å². The number of nitrogens with two attached hydrogens (primary N) is 1. The number of anilines is 1. The number of hydrogen-bond acceptors (Lipinski definition) is 6. The van der Waals surface area contributed by atoms with Crippen LogP contribution in [0.15, 0.2) is 12.3 Å². The minimum atomic E-state index is -0.348. The summed E-state index contributed by atoms with van der Waals surface area (Å²) in [6.45, 7) is 5.00. The minimum absolute atomic E-state index is 0.0388. The van der Waals surface area contributed by atoms with Crippen LogP contribution in [0.5, 0.6) is 0 Å². The summed E-state index contributed by atoms with van der Waals surface area (Å²) in [4.78, 5) is 35.4. The molecule has 162 valence electrons. The van der Waals surface area contributed by atoms with E-state index in [1.54, 1.807) is 30.9 Å². The van der Waals surface area contributed by atoms with Crippen LogP contribution in [0, 0.1) is 18.8 Å². The Morgan fingerprint density at radius 1 is 1.30 bits per heavy atom. The summed E-state index contributed by atoms with van der Waals surface area (Å²) in [6, 6.07) is 1.68. The van der Waals surface area contributed by atoms with Crippen LogP contribution in [0.2, 0.25) is 5.15 Å². The van der Waals surface area contributed by atoms with Gasteiger partial charge in [0.25, 0.3) is 0 Å². The van der Waals surface area contributed by atoms with Gasteiger partial charge in [-0.3, -0.25) is 14.3 Å². The van der Waals surface area contributed by atoms with Crippen LogP contribution < -0.4 is 5.73 Å². The van der Waals surface area contributed by atoms with Crippen LogP contribution in [-0.2, 0) is 18.3 Å². The van der Waals surface area contributed by atoms with Crippen LogP contribution in [0.4, 0.5) is 5.82 Å². The molecule has 2 N–H and O–H groups in total. The van der Waals surface area contributed by atoms with Crippen LogP contribution in [0.3, 0.4) is 0 Å². The van der Waals surface area contributed by atoms with E-state index >= 15 is 0 Å². The molecular formula is C21H29ClN6O2. The number of nitrogen functional groups attached to an aromatic ring is 1. The molecule has 8 nitrogen and oxygen atoms in total. The van der Waals surface area contributed by atoms with E-state index in [9.17, 15) is 9.59 Å². The fourth-order valence-electron chi connectivity index (χ4n) is 3.95. The van der Waals surface area contributed by atoms with E-state index in [0.717, 1.165) is 31.2 Å². The van der Waals surface area contributed by atoms with Gasteiger partial charge in [0.15, 0.2) is 5.78 Å². The van der Waals surface area contributed by atoms with E-state index in [1.165, 1.54) is 0 Å². The van der Waals surface area contributed by atoms with Crippen molar-refractivity contribution in [3.63, 3.8) is 0 Å². The number of aromatic nitrogens is 4. The molecule has 0 bridgehead atoms. The van der Waals surface area contributed by atoms with E-state index in [-0.39, 0.29) is 24.0 Å². The Bertz CT molecular complexity index is 897. The first-order chi connectivity index (χ1) is 14.2. The zero-order valence-corrected chi connectivity index (χ0v) is 18.5. The smallest absolute Gasteiger partial charge is 0.225 e. The van der Waals surface area contributed by atoms with Crippen LogP contribution in [0.25, 0.3) is 0 Å². The number of likely N-dealkylation sites (tertiary alicyclic amines) is 1. The second-order valence-corrected chi connectivity index (χ2v) is 8.49. The molecule has 0 radical (unpaired) electrons. The molecule has 1 saturated heterocycles. The van der Waals surface area contributed by atoms with E-state index in [4.69, 9.17) is 17.3 Å². The molecular weight excluding hydrogens is 404 g/mol. The second-order valence-electron chi connectivity index (χ2n) is 8.14. The summed E-state index contributed by atoms with van der Waals surface area (Å²) in [5.41, 5.74) is 7.21. The monoisotopic (exact) mass is 432 g/mol. The van der Waals surface area contributed by atoms with Gasteiger partial charge in [0.2, 0.25) is 5.91 Å². The summed E-state index contributed by atoms with van der Waals surface area (Å²) in [7, 11) is 1.77. The Balaban J connectivity index is 1.46. The molecule has 3 rings (SSSR count). The Hall–Kier alpha value is -2.48. The normalized spacial score (nSPS) is 15.9. The van der Waals surface area contributed by atoms with Gasteiger partial charge in [0, 0.05) is 44.2 Å². The van der Waals surface area contributed by atoms with Gasteiger partial charge in [-0.15, -0.1) is 0 Å². The van der Waals surface area contributed by atoms with E-state index in [2.05, 4.69) is 15.1 Å². The van der Waals surface area contributed by atoms with Crippen molar-refractivity contribution in [2.75, 3.05) is 18.8 Å². The number of carbonyl (C=O) groups excluding carboxylic acids is 2. The SMILES string of the molecule is Cc1nc(N)c(CCC2CCN(C(=O)[C@H](C)CC(=O)c3ccn(C)n3)CC2)c(Cl)n1. The van der Waals surface area contributed by atoms with Gasteiger partial charge < -0.3 is 10.6 Å². The molecule has 1 aliphatic rings. The fraction of sp³-hybridized carbons (Fsp3) is 0.571. The number of Topliss-reactive ketones (excluding diaryl/α,β-unsaturated/α-hetero) is 1. The number of hydrogen-bond donors (Lipinski definition) is 1. The molecule has 1 fully saturated rings. The molecule has 0 unspecified atom stereocenters. The third kappa shape index (κ3) is 5.36. The van der Waals surface area contributed by atoms with Crippen molar-refractivity contribution >= 4 is 29.1 Å². The minimum Gasteiger partial charge on any atom is -0.383 e. The molecule has 1 aliphatic heterocycles. The van der Waals surface area contributed by atoms with E-state index < -0.39 is 0 Å². The molecule has 0 saturated carbocycles. The Morgan fingerprint density at radius 2 is 2.00 bits per heavy atom. The highest BCUT2D eigenvalue weighted by molar-refractivity contribution is 6.30. The maximum atomic E-state index is 12.8. The summed E-state index contributed by atoms with van der Waals surface area (Å²) < 4.78 is 1.59. The number of amides is 1. The molecule has 0 aliphatic carbocycles. The standard InChI is InChI=1S/C21H29ClN6O2/c1-13(12-18(29)17-8-9-27(3)26-17)21(30)28-10-6-15(7-11-28)4-5-16-19(22)24-14(2)25-20(16)23/h8-9,13,15H,4-7,10-12H2,1-3H3,(H2,23,24,25)/t13-/m1/s1. The maximum Gasteiger partial charge on any atom is 0.225 e. The predicted octanol–water partition coefficient (Wildman–Crippen LogP) is 2.83. The molecule has 2 aromatic rings. The van der Waals surface area contributed by atoms with Gasteiger partial charge in [-0.25, -0.2) is 9.97 Å². The largest absolute Gasteiger partial charge is 0.383 e. The Labute approximate surface area is 181 Å². The number of nitrogens with zero attached hydrogens (tertiary/aromatic N) is 5. The highest BCUT2D eigenvalue weighted by atomic mass is 35.5. The predicted molar refractivity (Wildman–Crippen MR) is 115 cm³/mol. The lowest BCUT2D eigenvalue weighted by Crippen LogP contribution is -2.41. The van der Waals surface area contributed by atoms with Crippen molar-refractivity contribution in [1.82, 2.24) is 24.6 Å². The lowest BCUT2D eigenvalue weighted by Gasteiger charge is -2.33. The summed E-state index contributed by atoms with van der Waals surface area (Å²) in [5.74, 6) is 1.11. The number of halogens is 1. The quantitative estimate of drug-likeness (QED) is 0.532. The van der Waals surface area contributed by atoms with Gasteiger partial charge in [-0.1, -0.05) is 18.5 Å². The number of aryl methyl sites for hydroxylation is 2. The van der Waals surface area contributed by atoms with Crippen molar-refractivity contribution in [2.24, 2.45) is 18.9 Å². The zero-order chi connectivity index (χ0) is 21.8. The van der Waals surface area contributed by atoms with Crippen molar-refractivity contribution in [3.05, 3.63) is 34.5 Å². The maximum absolute atomic E-state index is 12.8. The average molecular weight is 433 g/mol. The molecule has 3 heterocycles. The second kappa shape index (κ2) is 9.55. The number of ketones is 1. The van der Waals surface area contributed by atoms with Gasteiger partial charge in [-0.05, 0) is 44.6 Å². The Kier molecular flexibility index (Phi) is 7.07. The van der Waals surface area contributed by atoms with Crippen molar-refractivity contribution in [2.45, 2.75) is 46.0 Å². The van der Waals surface area contributed by atoms with Crippen LogP contribution in [-0.4, -0.2) is 49.4 Å². The van der Waals surface area contributed by atoms with Crippen molar-refractivity contribution < 1.29 is 9.59 Å². The number of carbonyl (C=O) groups is 2. The molecule has 1 amide bonds. The molecule has 0 aromatic carbocycles. The third-order valence-corrected chi connectivity index (χ3v) is 6.05. The van der Waals surface area contributed by atoms with Gasteiger partial charge in [0.05, 0.1) is 0 Å². The van der Waals surface area contributed by atoms with E-state index in [1.807, 2.05) is 11.8 Å². The zero-order valence-electron chi connectivity index (χ0n) is 17.8. The highest BCUT2D eigenvalue weighted by Gasteiger charge is 2.28. The number of piperidine rings is 1. The molecule has 30 heavy (non-hydrogen) atoms. The summed E-state index contributed by atoms with van der Waals surface area (Å²) in [5, 5.41) is 4.55. The first kappa shape index (κ1) is 22.2. The Morgan fingerprint density at radius 3 is 2.60 bits per heavy atom. The third-order valence-electron chi connectivity index (χ3n) is 5.74. The number of rotatable bonds is 7. The first-order valence-electron chi connectivity index (χ1n) is 10.3. The molecule has 0 spiro atoms. The van der Waals surface area contributed by atoms with E-state index in [0.29, 0.717) is 41.5 Å².